The summed E-state index contributed by atoms with van der Waals surface area (Å²) >= 11 is 0. The van der Waals surface area contributed by atoms with Crippen molar-refractivity contribution in [1.29, 1.82) is 0 Å². The van der Waals surface area contributed by atoms with Crippen molar-refractivity contribution in [3.63, 3.8) is 0 Å². The summed E-state index contributed by atoms with van der Waals surface area (Å²) < 4.78 is 0. The number of aromatic nitrogens is 2. The topological polar surface area (TPSA) is 61.4 Å². The minimum atomic E-state index is -0.112. The van der Waals surface area contributed by atoms with Gasteiger partial charge < -0.3 is 15.1 Å². The molecule has 1 aliphatic rings. The number of rotatable bonds is 6. The first kappa shape index (κ1) is 16.7. The molecule has 1 aromatic rings. The van der Waals surface area contributed by atoms with Crippen LogP contribution in [0.5, 0.6) is 0 Å². The van der Waals surface area contributed by atoms with Crippen LogP contribution in [0.15, 0.2) is 12.4 Å². The van der Waals surface area contributed by atoms with Crippen LogP contribution in [0.25, 0.3) is 0 Å². The summed E-state index contributed by atoms with van der Waals surface area (Å²) in [5, 5.41) is 2.88. The highest BCUT2D eigenvalue weighted by Crippen LogP contribution is 2.23. The van der Waals surface area contributed by atoms with Crippen LogP contribution in [0, 0.1) is 0 Å². The van der Waals surface area contributed by atoms with Gasteiger partial charge in [0.25, 0.3) is 5.91 Å². The third-order valence-corrected chi connectivity index (χ3v) is 4.10. The van der Waals surface area contributed by atoms with Crippen molar-refractivity contribution in [2.45, 2.75) is 38.6 Å². The first-order valence-electron chi connectivity index (χ1n) is 8.13. The van der Waals surface area contributed by atoms with E-state index in [1.165, 1.54) is 19.3 Å². The Labute approximate surface area is 132 Å². The number of carbonyl (C=O) groups excluding carboxylic acids is 1. The van der Waals surface area contributed by atoms with Crippen LogP contribution in [0.4, 0.5) is 5.95 Å². The second-order valence-electron chi connectivity index (χ2n) is 6.08. The Hall–Kier alpha value is -1.69. The highest BCUT2D eigenvalue weighted by Gasteiger charge is 2.23. The SMILES string of the molecule is CCC1CCCCN1c1ncc(C(=O)NCCN(C)C)cn1. The van der Waals surface area contributed by atoms with Crippen molar-refractivity contribution in [3.05, 3.63) is 18.0 Å². The number of amides is 1. The lowest BCUT2D eigenvalue weighted by Crippen LogP contribution is -2.40. The van der Waals surface area contributed by atoms with Gasteiger partial charge in [-0.2, -0.15) is 0 Å². The summed E-state index contributed by atoms with van der Waals surface area (Å²) in [4.78, 5) is 25.1. The molecule has 1 saturated heterocycles. The molecule has 6 heteroatoms. The zero-order valence-electron chi connectivity index (χ0n) is 13.9. The number of piperidine rings is 1. The Bertz CT molecular complexity index is 474. The summed E-state index contributed by atoms with van der Waals surface area (Å²) in [6.45, 7) is 4.65. The fourth-order valence-electron chi connectivity index (χ4n) is 2.77. The molecule has 1 aliphatic heterocycles. The maximum atomic E-state index is 12.0. The fourth-order valence-corrected chi connectivity index (χ4v) is 2.77. The predicted octanol–water partition coefficient (Wildman–Crippen LogP) is 1.54. The summed E-state index contributed by atoms with van der Waals surface area (Å²) in [7, 11) is 3.96. The fraction of sp³-hybridized carbons (Fsp3) is 0.688. The summed E-state index contributed by atoms with van der Waals surface area (Å²) in [5.41, 5.74) is 0.521. The largest absolute Gasteiger partial charge is 0.351 e. The van der Waals surface area contributed by atoms with Gasteiger partial charge >= 0.3 is 0 Å². The van der Waals surface area contributed by atoms with E-state index in [-0.39, 0.29) is 5.91 Å². The van der Waals surface area contributed by atoms with Gasteiger partial charge in [-0.15, -0.1) is 0 Å². The van der Waals surface area contributed by atoms with E-state index in [1.807, 2.05) is 19.0 Å². The first-order chi connectivity index (χ1) is 10.6. The molecule has 1 amide bonds. The van der Waals surface area contributed by atoms with E-state index in [9.17, 15) is 4.79 Å². The molecule has 2 heterocycles. The lowest BCUT2D eigenvalue weighted by Gasteiger charge is -2.35. The van der Waals surface area contributed by atoms with Crippen LogP contribution >= 0.6 is 0 Å². The van der Waals surface area contributed by atoms with E-state index in [0.29, 0.717) is 18.2 Å². The molecule has 0 spiro atoms. The van der Waals surface area contributed by atoms with E-state index in [1.54, 1.807) is 12.4 Å². The quantitative estimate of drug-likeness (QED) is 0.864. The molecule has 2 rings (SSSR count). The first-order valence-corrected chi connectivity index (χ1v) is 8.13. The van der Waals surface area contributed by atoms with Gasteiger partial charge in [0, 0.05) is 38.1 Å². The van der Waals surface area contributed by atoms with Gasteiger partial charge in [-0.1, -0.05) is 6.92 Å². The van der Waals surface area contributed by atoms with Crippen molar-refractivity contribution in [2.75, 3.05) is 38.6 Å². The smallest absolute Gasteiger partial charge is 0.254 e. The normalized spacial score (nSPS) is 18.5. The molecule has 1 N–H and O–H groups in total. The zero-order valence-corrected chi connectivity index (χ0v) is 13.9. The summed E-state index contributed by atoms with van der Waals surface area (Å²) in [6.07, 6.45) is 8.04. The van der Waals surface area contributed by atoms with Crippen LogP contribution in [0.3, 0.4) is 0 Å². The Morgan fingerprint density at radius 2 is 2.09 bits per heavy atom. The van der Waals surface area contributed by atoms with E-state index >= 15 is 0 Å². The monoisotopic (exact) mass is 305 g/mol. The second kappa shape index (κ2) is 8.08. The molecule has 0 bridgehead atoms. The van der Waals surface area contributed by atoms with Crippen molar-refractivity contribution in [1.82, 2.24) is 20.2 Å². The zero-order chi connectivity index (χ0) is 15.9. The molecule has 0 radical (unpaired) electrons. The number of nitrogens with one attached hydrogen (secondary N) is 1. The molecule has 122 valence electrons. The molecule has 0 aromatic carbocycles. The van der Waals surface area contributed by atoms with E-state index < -0.39 is 0 Å². The van der Waals surface area contributed by atoms with Gasteiger partial charge in [-0.05, 0) is 39.8 Å². The second-order valence-corrected chi connectivity index (χ2v) is 6.08. The third-order valence-electron chi connectivity index (χ3n) is 4.10. The average Bonchev–Trinajstić information content (AvgIpc) is 2.54. The van der Waals surface area contributed by atoms with Gasteiger partial charge in [-0.25, -0.2) is 9.97 Å². The number of likely N-dealkylation sites (N-methyl/N-ethyl adjacent to an activating group) is 1. The molecule has 1 aromatic heterocycles. The lowest BCUT2D eigenvalue weighted by molar-refractivity contribution is 0.0950. The average molecular weight is 305 g/mol. The maximum Gasteiger partial charge on any atom is 0.254 e. The number of hydrogen-bond donors (Lipinski definition) is 1. The molecule has 6 nitrogen and oxygen atoms in total. The van der Waals surface area contributed by atoms with E-state index in [0.717, 1.165) is 25.5 Å². The summed E-state index contributed by atoms with van der Waals surface area (Å²) in [5.74, 6) is 0.635. The molecule has 1 atom stereocenters. The molecule has 0 aliphatic carbocycles. The number of hydrogen-bond acceptors (Lipinski definition) is 5. The van der Waals surface area contributed by atoms with E-state index in [4.69, 9.17) is 0 Å². The maximum absolute atomic E-state index is 12.0. The van der Waals surface area contributed by atoms with Gasteiger partial charge in [-0.3, -0.25) is 4.79 Å². The third kappa shape index (κ3) is 4.40. The lowest BCUT2D eigenvalue weighted by atomic mass is 10.0. The van der Waals surface area contributed by atoms with E-state index in [2.05, 4.69) is 27.1 Å². The van der Waals surface area contributed by atoms with Gasteiger partial charge in [0.05, 0.1) is 5.56 Å². The molecule has 0 saturated carbocycles. The Morgan fingerprint density at radius 1 is 1.36 bits per heavy atom. The molecular formula is C16H27N5O. The van der Waals surface area contributed by atoms with Gasteiger partial charge in [0.15, 0.2) is 0 Å². The number of carbonyl (C=O) groups is 1. The van der Waals surface area contributed by atoms with Gasteiger partial charge in [0.1, 0.15) is 0 Å². The highest BCUT2D eigenvalue weighted by molar-refractivity contribution is 5.93. The standard InChI is InChI=1S/C16H27N5O/c1-4-14-7-5-6-9-21(14)16-18-11-13(12-19-16)15(22)17-8-10-20(2)3/h11-12,14H,4-10H2,1-3H3,(H,17,22). The Balaban J connectivity index is 1.95. The van der Waals surface area contributed by atoms with Crippen molar-refractivity contribution >= 4 is 11.9 Å². The van der Waals surface area contributed by atoms with Crippen LogP contribution in [-0.2, 0) is 0 Å². The number of anilines is 1. The number of nitrogens with zero attached hydrogens (tertiary/aromatic N) is 4. The van der Waals surface area contributed by atoms with Crippen molar-refractivity contribution in [3.8, 4) is 0 Å². The van der Waals surface area contributed by atoms with Crippen LogP contribution < -0.4 is 10.2 Å². The Morgan fingerprint density at radius 3 is 2.73 bits per heavy atom. The minimum absolute atomic E-state index is 0.112. The van der Waals surface area contributed by atoms with Crippen LogP contribution in [0.1, 0.15) is 43.0 Å². The van der Waals surface area contributed by atoms with Crippen LogP contribution in [0.2, 0.25) is 0 Å². The predicted molar refractivity (Wildman–Crippen MR) is 88.2 cm³/mol. The molecule has 1 unspecified atom stereocenters. The minimum Gasteiger partial charge on any atom is -0.351 e. The highest BCUT2D eigenvalue weighted by atomic mass is 16.1. The van der Waals surface area contributed by atoms with Crippen molar-refractivity contribution in [2.24, 2.45) is 0 Å². The van der Waals surface area contributed by atoms with Crippen molar-refractivity contribution < 1.29 is 4.79 Å². The molecule has 22 heavy (non-hydrogen) atoms. The molecule has 1 fully saturated rings. The van der Waals surface area contributed by atoms with Crippen LogP contribution in [-0.4, -0.2) is 60.5 Å². The van der Waals surface area contributed by atoms with Gasteiger partial charge in [0.2, 0.25) is 5.95 Å². The summed E-state index contributed by atoms with van der Waals surface area (Å²) in [6, 6.07) is 0.522. The molecular weight excluding hydrogens is 278 g/mol. The Kier molecular flexibility index (Phi) is 6.12.